The molecule has 6 unspecified atom stereocenters. The summed E-state index contributed by atoms with van der Waals surface area (Å²) in [5.41, 5.74) is -0.259. The Morgan fingerprint density at radius 2 is 1.64 bits per heavy atom. The highest BCUT2D eigenvalue weighted by Gasteiger charge is 2.37. The van der Waals surface area contributed by atoms with Crippen molar-refractivity contribution in [2.75, 3.05) is 13.7 Å². The van der Waals surface area contributed by atoms with Crippen molar-refractivity contribution < 1.29 is 43.9 Å². The van der Waals surface area contributed by atoms with Gasteiger partial charge in [-0.25, -0.2) is 4.79 Å². The first-order valence-corrected chi connectivity index (χ1v) is 12.6. The molecule has 2 amide bonds. The molecule has 2 aliphatic rings. The van der Waals surface area contributed by atoms with Crippen molar-refractivity contribution in [1.82, 2.24) is 10.6 Å². The number of amides is 2. The quantitative estimate of drug-likeness (QED) is 0.222. The summed E-state index contributed by atoms with van der Waals surface area (Å²) in [4.78, 5) is 37.4. The number of hydrogen-bond donors (Lipinski definition) is 5. The van der Waals surface area contributed by atoms with Gasteiger partial charge in [0.15, 0.2) is 6.10 Å². The predicted molar refractivity (Wildman–Crippen MR) is 130 cm³/mol. The summed E-state index contributed by atoms with van der Waals surface area (Å²) in [5.74, 6) is -1.31. The molecule has 0 radical (unpaired) electrons. The lowest BCUT2D eigenvalue weighted by Gasteiger charge is -2.28. The van der Waals surface area contributed by atoms with E-state index < -0.39 is 54.5 Å². The average Bonchev–Trinajstić information content (AvgIpc) is 2.98. The Morgan fingerprint density at radius 3 is 2.25 bits per heavy atom. The maximum Gasteiger partial charge on any atom is 0.508 e. The van der Waals surface area contributed by atoms with E-state index in [1.165, 1.54) is 13.2 Å². The zero-order chi connectivity index (χ0) is 26.9. The molecule has 0 bridgehead atoms. The van der Waals surface area contributed by atoms with Crippen molar-refractivity contribution in [3.05, 3.63) is 12.2 Å². The van der Waals surface area contributed by atoms with Crippen molar-refractivity contribution in [2.45, 2.75) is 108 Å². The normalized spacial score (nSPS) is 25.2. The zero-order valence-electron chi connectivity index (χ0n) is 21.6. The Bertz CT molecular complexity index is 761. The first-order valence-electron chi connectivity index (χ1n) is 12.6. The second-order valence-corrected chi connectivity index (χ2v) is 10.6. The number of aliphatic hydroxyl groups is 3. The number of carbonyl (C=O) groups is 3. The van der Waals surface area contributed by atoms with Gasteiger partial charge in [-0.15, -0.1) is 0 Å². The summed E-state index contributed by atoms with van der Waals surface area (Å²) in [7, 11) is 1.17. The van der Waals surface area contributed by atoms with Gasteiger partial charge in [-0.2, -0.15) is 0 Å². The molecule has 0 aromatic heterocycles. The van der Waals surface area contributed by atoms with Gasteiger partial charge in [-0.1, -0.05) is 39.3 Å². The average molecular weight is 515 g/mol. The third-order valence-electron chi connectivity index (χ3n) is 6.31. The lowest BCUT2D eigenvalue weighted by Crippen LogP contribution is -2.55. The lowest BCUT2D eigenvalue weighted by atomic mass is 9.94. The molecule has 1 saturated heterocycles. The van der Waals surface area contributed by atoms with Crippen LogP contribution in [0, 0.1) is 5.41 Å². The van der Waals surface area contributed by atoms with E-state index in [0.717, 1.165) is 32.1 Å². The van der Waals surface area contributed by atoms with Gasteiger partial charge in [0.05, 0.1) is 6.54 Å². The van der Waals surface area contributed by atoms with Gasteiger partial charge in [0, 0.05) is 7.11 Å². The van der Waals surface area contributed by atoms with Gasteiger partial charge in [0.1, 0.15) is 36.6 Å². The fourth-order valence-electron chi connectivity index (χ4n) is 4.18. The van der Waals surface area contributed by atoms with Crippen LogP contribution >= 0.6 is 0 Å². The number of methoxy groups -OCH3 is 1. The van der Waals surface area contributed by atoms with Crippen LogP contribution in [0.3, 0.4) is 0 Å². The fraction of sp³-hybridized carbons (Fsp3) is 0.800. The van der Waals surface area contributed by atoms with Crippen molar-refractivity contribution in [2.24, 2.45) is 5.41 Å². The van der Waals surface area contributed by atoms with Crippen LogP contribution in [0.4, 0.5) is 4.79 Å². The van der Waals surface area contributed by atoms with Gasteiger partial charge >= 0.3 is 6.16 Å². The molecule has 0 spiro atoms. The van der Waals surface area contributed by atoms with Crippen molar-refractivity contribution in [1.29, 1.82) is 0 Å². The standard InChI is InChI=1S/C25H42N2O9/c1-25(2,3)13-12-18(28)19(29)20(30)21(34-4)23(32)27-17-11-10-16(14-26-22(17)31)36-24(33)35-15-8-6-5-7-9-15/h12-13,15-21,28-30H,5-11,14H2,1-4H3,(H,26,31)(H,27,32)/b13-12+. The number of allylic oxidation sites excluding steroid dienone is 1. The maximum absolute atomic E-state index is 12.8. The Morgan fingerprint density at radius 1 is 1.00 bits per heavy atom. The Hall–Kier alpha value is -2.21. The summed E-state index contributed by atoms with van der Waals surface area (Å²) in [5, 5.41) is 36.1. The first-order chi connectivity index (χ1) is 16.9. The molecule has 6 atom stereocenters. The predicted octanol–water partition coefficient (Wildman–Crippen LogP) is 0.936. The molecular weight excluding hydrogens is 472 g/mol. The molecule has 2 rings (SSSR count). The highest BCUT2D eigenvalue weighted by Crippen LogP contribution is 2.21. The molecule has 36 heavy (non-hydrogen) atoms. The van der Waals surface area contributed by atoms with E-state index in [1.807, 2.05) is 20.8 Å². The molecule has 1 aliphatic heterocycles. The monoisotopic (exact) mass is 514 g/mol. The van der Waals surface area contributed by atoms with Gasteiger partial charge in [-0.3, -0.25) is 9.59 Å². The number of nitrogens with one attached hydrogen (secondary N) is 2. The maximum atomic E-state index is 12.8. The molecule has 1 aliphatic carbocycles. The summed E-state index contributed by atoms with van der Waals surface area (Å²) >= 11 is 0. The second-order valence-electron chi connectivity index (χ2n) is 10.6. The van der Waals surface area contributed by atoms with E-state index in [-0.39, 0.29) is 24.5 Å². The van der Waals surface area contributed by atoms with E-state index >= 15 is 0 Å². The third kappa shape index (κ3) is 9.68. The van der Waals surface area contributed by atoms with Crippen LogP contribution in [0.25, 0.3) is 0 Å². The minimum atomic E-state index is -1.76. The van der Waals surface area contributed by atoms with E-state index in [9.17, 15) is 29.7 Å². The van der Waals surface area contributed by atoms with Gasteiger partial charge in [-0.05, 0) is 43.9 Å². The Labute approximate surface area is 212 Å². The second kappa shape index (κ2) is 13.9. The van der Waals surface area contributed by atoms with Gasteiger partial charge < -0.3 is 40.2 Å². The zero-order valence-corrected chi connectivity index (χ0v) is 21.6. The minimum Gasteiger partial charge on any atom is -0.431 e. The molecule has 1 heterocycles. The molecular formula is C25H42N2O9. The number of rotatable bonds is 9. The summed E-state index contributed by atoms with van der Waals surface area (Å²) in [6.45, 7) is 5.78. The Kier molecular flexibility index (Phi) is 11.6. The van der Waals surface area contributed by atoms with Crippen LogP contribution in [0.5, 0.6) is 0 Å². The molecule has 11 nitrogen and oxygen atoms in total. The van der Waals surface area contributed by atoms with E-state index in [4.69, 9.17) is 14.2 Å². The van der Waals surface area contributed by atoms with Crippen molar-refractivity contribution in [3.63, 3.8) is 0 Å². The van der Waals surface area contributed by atoms with E-state index in [0.29, 0.717) is 6.42 Å². The minimum absolute atomic E-state index is 0.0757. The van der Waals surface area contributed by atoms with Crippen LogP contribution in [-0.4, -0.2) is 89.6 Å². The fourth-order valence-corrected chi connectivity index (χ4v) is 4.18. The highest BCUT2D eigenvalue weighted by molar-refractivity contribution is 5.89. The molecule has 206 valence electrons. The number of carbonyl (C=O) groups excluding carboxylic acids is 3. The third-order valence-corrected chi connectivity index (χ3v) is 6.31. The molecule has 0 aromatic carbocycles. The van der Waals surface area contributed by atoms with Crippen LogP contribution in [0.1, 0.15) is 65.7 Å². The highest BCUT2D eigenvalue weighted by atomic mass is 16.7. The molecule has 0 aromatic rings. The Balaban J connectivity index is 1.89. The number of ether oxygens (including phenoxy) is 3. The smallest absolute Gasteiger partial charge is 0.431 e. The largest absolute Gasteiger partial charge is 0.508 e. The molecule has 2 fully saturated rings. The van der Waals surface area contributed by atoms with Crippen LogP contribution < -0.4 is 10.6 Å². The van der Waals surface area contributed by atoms with Crippen molar-refractivity contribution in [3.8, 4) is 0 Å². The SMILES string of the molecule is COC(C(=O)NC1CCC(OC(=O)OC2CCCCC2)CNC1=O)C(O)C(O)C(O)/C=C/C(C)(C)C. The van der Waals surface area contributed by atoms with E-state index in [1.54, 1.807) is 6.08 Å². The molecule has 1 saturated carbocycles. The summed E-state index contributed by atoms with van der Waals surface area (Å²) < 4.78 is 15.8. The van der Waals surface area contributed by atoms with Gasteiger partial charge in [0.25, 0.3) is 5.91 Å². The topological polar surface area (TPSA) is 164 Å². The number of aliphatic hydroxyl groups excluding tert-OH is 3. The van der Waals surface area contributed by atoms with Crippen LogP contribution in [0.15, 0.2) is 12.2 Å². The number of hydrogen-bond acceptors (Lipinski definition) is 9. The first kappa shape index (κ1) is 30.0. The van der Waals surface area contributed by atoms with Crippen molar-refractivity contribution >= 4 is 18.0 Å². The molecule has 5 N–H and O–H groups in total. The van der Waals surface area contributed by atoms with Crippen LogP contribution in [-0.2, 0) is 23.8 Å². The van der Waals surface area contributed by atoms with E-state index in [2.05, 4.69) is 10.6 Å². The summed E-state index contributed by atoms with van der Waals surface area (Å²) in [6, 6.07) is -0.965. The lowest BCUT2D eigenvalue weighted by molar-refractivity contribution is -0.150. The van der Waals surface area contributed by atoms with Crippen LogP contribution in [0.2, 0.25) is 0 Å². The van der Waals surface area contributed by atoms with Gasteiger partial charge in [0.2, 0.25) is 5.91 Å². The summed E-state index contributed by atoms with van der Waals surface area (Å²) in [6.07, 6.45) is 0.331. The molecule has 11 heteroatoms.